The van der Waals surface area contributed by atoms with Gasteiger partial charge in [-0.25, -0.2) is 0 Å². The molecule has 0 saturated heterocycles. The van der Waals surface area contributed by atoms with Crippen LogP contribution in [-0.4, -0.2) is 42.1 Å². The molecule has 2 aliphatic heterocycles. The number of nitrogens with zero attached hydrogens (tertiary/aromatic N) is 2. The van der Waals surface area contributed by atoms with Gasteiger partial charge >= 0.3 is 0 Å². The number of hydrogen-bond donors (Lipinski definition) is 2. The zero-order chi connectivity index (χ0) is 20.2. The number of H-pyrrole nitrogens is 1. The Bertz CT molecular complexity index is 1100. The number of carbonyl (C=O) groups is 1. The molecule has 3 aromatic rings. The molecule has 1 amide bonds. The minimum absolute atomic E-state index is 0.102. The van der Waals surface area contributed by atoms with Gasteiger partial charge in [-0.3, -0.25) is 19.9 Å². The molecule has 1 aromatic heterocycles. The maximum Gasteiger partial charge on any atom is 0.259 e. The monoisotopic (exact) mass is 452 g/mol. The number of rotatable bonds is 4. The Hall–Kier alpha value is -2.15. The summed E-state index contributed by atoms with van der Waals surface area (Å²) >= 11 is 3.63. The molecule has 29 heavy (non-hydrogen) atoms. The molecule has 1 atom stereocenters. The zero-order valence-corrected chi connectivity index (χ0v) is 18.3. The number of hydrogen-bond acceptors (Lipinski definition) is 3. The van der Waals surface area contributed by atoms with Crippen LogP contribution in [-0.2, 0) is 16.8 Å². The summed E-state index contributed by atoms with van der Waals surface area (Å²) in [6, 6.07) is 14.5. The molecule has 6 heteroatoms. The number of para-hydroxylation sites is 1. The van der Waals surface area contributed by atoms with Crippen LogP contribution in [0.2, 0.25) is 0 Å². The molecule has 150 valence electrons. The van der Waals surface area contributed by atoms with Crippen molar-refractivity contribution in [1.29, 1.82) is 0 Å². The molecule has 2 aliphatic rings. The van der Waals surface area contributed by atoms with Gasteiger partial charge in [-0.05, 0) is 49.3 Å². The van der Waals surface area contributed by atoms with E-state index in [1.165, 1.54) is 10.9 Å². The van der Waals surface area contributed by atoms with E-state index < -0.39 is 5.54 Å². The Morgan fingerprint density at radius 3 is 2.76 bits per heavy atom. The van der Waals surface area contributed by atoms with Gasteiger partial charge in [-0.15, -0.1) is 0 Å². The lowest BCUT2D eigenvalue weighted by Gasteiger charge is -2.35. The number of amides is 1. The lowest BCUT2D eigenvalue weighted by molar-refractivity contribution is -0.123. The maximum absolute atomic E-state index is 14.1. The van der Waals surface area contributed by atoms with Crippen LogP contribution in [0.4, 0.5) is 5.69 Å². The van der Waals surface area contributed by atoms with E-state index in [-0.39, 0.29) is 5.91 Å². The van der Waals surface area contributed by atoms with E-state index in [0.29, 0.717) is 6.67 Å². The first-order valence-electron chi connectivity index (χ1n) is 10.3. The summed E-state index contributed by atoms with van der Waals surface area (Å²) < 4.78 is 0.984. The summed E-state index contributed by atoms with van der Waals surface area (Å²) in [4.78, 5) is 21.9. The van der Waals surface area contributed by atoms with Crippen LogP contribution in [0, 0.1) is 0 Å². The van der Waals surface area contributed by atoms with Crippen molar-refractivity contribution in [2.45, 2.75) is 25.8 Å². The quantitative estimate of drug-likeness (QED) is 0.629. The van der Waals surface area contributed by atoms with Crippen molar-refractivity contribution in [3.05, 3.63) is 63.8 Å². The SMILES string of the molecule is CCN(CC)CN1C(=O)[C@@]2(NCCc3c2[nH]c2ccccc32)c2cc(Br)ccc21. The normalized spacial score (nSPS) is 20.7. The smallest absolute Gasteiger partial charge is 0.259 e. The Kier molecular flexibility index (Phi) is 4.53. The third-order valence-corrected chi connectivity index (χ3v) is 6.90. The molecule has 0 unspecified atom stereocenters. The fraction of sp³-hybridized carbons (Fsp3) is 0.348. The van der Waals surface area contributed by atoms with Crippen LogP contribution in [0.1, 0.15) is 30.7 Å². The molecule has 0 fully saturated rings. The molecule has 0 aliphatic carbocycles. The maximum atomic E-state index is 14.1. The minimum atomic E-state index is -0.862. The Morgan fingerprint density at radius 2 is 1.97 bits per heavy atom. The number of aromatic amines is 1. The Balaban J connectivity index is 1.74. The zero-order valence-electron chi connectivity index (χ0n) is 16.8. The molecule has 5 nitrogen and oxygen atoms in total. The molecule has 1 spiro atoms. The fourth-order valence-electron chi connectivity index (χ4n) is 4.89. The van der Waals surface area contributed by atoms with Gasteiger partial charge in [0.1, 0.15) is 0 Å². The van der Waals surface area contributed by atoms with Crippen LogP contribution in [0.5, 0.6) is 0 Å². The second-order valence-corrected chi connectivity index (χ2v) is 8.71. The topological polar surface area (TPSA) is 51.4 Å². The molecule has 2 aromatic carbocycles. The van der Waals surface area contributed by atoms with E-state index in [2.05, 4.69) is 75.3 Å². The summed E-state index contributed by atoms with van der Waals surface area (Å²) in [6.07, 6.45) is 0.910. The molecular formula is C23H25BrN4O. The number of nitrogens with one attached hydrogen (secondary N) is 2. The largest absolute Gasteiger partial charge is 0.356 e. The molecular weight excluding hydrogens is 428 g/mol. The van der Waals surface area contributed by atoms with E-state index in [1.807, 2.05) is 17.0 Å². The van der Waals surface area contributed by atoms with Crippen molar-refractivity contribution in [1.82, 2.24) is 15.2 Å². The lowest BCUT2D eigenvalue weighted by atomic mass is 9.82. The van der Waals surface area contributed by atoms with Gasteiger partial charge in [0.15, 0.2) is 5.54 Å². The van der Waals surface area contributed by atoms with Crippen LogP contribution >= 0.6 is 15.9 Å². The molecule has 0 bridgehead atoms. The highest BCUT2D eigenvalue weighted by Crippen LogP contribution is 2.48. The van der Waals surface area contributed by atoms with Gasteiger partial charge in [0.05, 0.1) is 18.1 Å². The third kappa shape index (κ3) is 2.62. The van der Waals surface area contributed by atoms with Crippen molar-refractivity contribution < 1.29 is 4.79 Å². The molecule has 3 heterocycles. The number of fused-ring (bicyclic) bond motifs is 6. The van der Waals surface area contributed by atoms with Gasteiger partial charge in [-0.2, -0.15) is 0 Å². The minimum Gasteiger partial charge on any atom is -0.356 e. The number of benzene rings is 2. The lowest BCUT2D eigenvalue weighted by Crippen LogP contribution is -2.56. The van der Waals surface area contributed by atoms with E-state index in [1.54, 1.807) is 0 Å². The van der Waals surface area contributed by atoms with Crippen molar-refractivity contribution in [2.75, 3.05) is 31.2 Å². The fourth-order valence-corrected chi connectivity index (χ4v) is 5.25. The average molecular weight is 453 g/mol. The third-order valence-electron chi connectivity index (χ3n) is 6.41. The van der Waals surface area contributed by atoms with E-state index >= 15 is 0 Å². The van der Waals surface area contributed by atoms with Gasteiger partial charge in [0, 0.05) is 27.5 Å². The number of halogens is 1. The molecule has 2 N–H and O–H groups in total. The highest BCUT2D eigenvalue weighted by molar-refractivity contribution is 9.10. The van der Waals surface area contributed by atoms with Crippen LogP contribution in [0.25, 0.3) is 10.9 Å². The molecule has 5 rings (SSSR count). The first kappa shape index (κ1) is 18.9. The van der Waals surface area contributed by atoms with E-state index in [0.717, 1.165) is 53.0 Å². The Labute approximate surface area is 179 Å². The van der Waals surface area contributed by atoms with Gasteiger partial charge in [0.25, 0.3) is 5.91 Å². The standard InChI is InChI=1S/C23H25BrN4O/c1-3-27(4-2)14-28-20-10-9-15(24)13-18(20)23(22(28)29)21-17(11-12-25-23)16-7-5-6-8-19(16)26-21/h5-10,13,25-26H,3-4,11-12,14H2,1-2H3/t23-/m1/s1. The Morgan fingerprint density at radius 1 is 1.17 bits per heavy atom. The summed E-state index contributed by atoms with van der Waals surface area (Å²) in [5.74, 6) is 0.102. The second-order valence-electron chi connectivity index (χ2n) is 7.79. The van der Waals surface area contributed by atoms with Crippen molar-refractivity contribution in [3.63, 3.8) is 0 Å². The van der Waals surface area contributed by atoms with Crippen molar-refractivity contribution in [3.8, 4) is 0 Å². The van der Waals surface area contributed by atoms with E-state index in [4.69, 9.17) is 0 Å². The summed E-state index contributed by atoms with van der Waals surface area (Å²) in [7, 11) is 0. The summed E-state index contributed by atoms with van der Waals surface area (Å²) in [6.45, 7) is 7.45. The van der Waals surface area contributed by atoms with Crippen LogP contribution in [0.3, 0.4) is 0 Å². The van der Waals surface area contributed by atoms with Crippen LogP contribution < -0.4 is 10.2 Å². The van der Waals surface area contributed by atoms with Crippen molar-refractivity contribution in [2.24, 2.45) is 0 Å². The van der Waals surface area contributed by atoms with Gasteiger partial charge in [0.2, 0.25) is 0 Å². The molecule has 0 saturated carbocycles. The number of aromatic nitrogens is 1. The second kappa shape index (κ2) is 6.97. The average Bonchev–Trinajstić information content (AvgIpc) is 3.23. The number of anilines is 1. The first-order valence-corrected chi connectivity index (χ1v) is 11.1. The predicted octanol–water partition coefficient (Wildman–Crippen LogP) is 3.97. The summed E-state index contributed by atoms with van der Waals surface area (Å²) in [5.41, 5.74) is 4.49. The van der Waals surface area contributed by atoms with Gasteiger partial charge in [-0.1, -0.05) is 48.0 Å². The van der Waals surface area contributed by atoms with Crippen LogP contribution in [0.15, 0.2) is 46.9 Å². The van der Waals surface area contributed by atoms with Crippen molar-refractivity contribution >= 4 is 38.4 Å². The summed E-state index contributed by atoms with van der Waals surface area (Å²) in [5, 5.41) is 4.84. The highest BCUT2D eigenvalue weighted by Gasteiger charge is 2.55. The predicted molar refractivity (Wildman–Crippen MR) is 120 cm³/mol. The highest BCUT2D eigenvalue weighted by atomic mass is 79.9. The first-order chi connectivity index (χ1) is 14.1. The van der Waals surface area contributed by atoms with E-state index in [9.17, 15) is 4.79 Å². The molecule has 0 radical (unpaired) electrons. The van der Waals surface area contributed by atoms with Gasteiger partial charge < -0.3 is 4.98 Å². The number of carbonyl (C=O) groups excluding carboxylic acids is 1.